The van der Waals surface area contributed by atoms with Crippen molar-refractivity contribution in [3.8, 4) is 6.07 Å². The number of thioether (sulfide) groups is 2. The maximum absolute atomic E-state index is 8.82. The molecule has 0 unspecified atom stereocenters. The summed E-state index contributed by atoms with van der Waals surface area (Å²) in [5, 5.41) is 8.82. The van der Waals surface area contributed by atoms with Gasteiger partial charge in [0.1, 0.15) is 0 Å². The minimum Gasteiger partial charge on any atom is -0.193 e. The van der Waals surface area contributed by atoms with Crippen LogP contribution in [0.2, 0.25) is 0 Å². The average molecular weight is 185 g/mol. The van der Waals surface area contributed by atoms with Crippen LogP contribution in [0.25, 0.3) is 0 Å². The van der Waals surface area contributed by atoms with Crippen molar-refractivity contribution in [2.24, 2.45) is 5.92 Å². The summed E-state index contributed by atoms with van der Waals surface area (Å²) in [5.74, 6) is 2.71. The van der Waals surface area contributed by atoms with Gasteiger partial charge in [-0.3, -0.25) is 0 Å². The summed E-state index contributed by atoms with van der Waals surface area (Å²) >= 11 is 3.65. The van der Waals surface area contributed by atoms with Crippen molar-refractivity contribution in [2.45, 2.75) is 13.8 Å². The summed E-state index contributed by atoms with van der Waals surface area (Å²) in [6, 6.07) is 2.28. The molecule has 1 rings (SSSR count). The van der Waals surface area contributed by atoms with Crippen LogP contribution in [0.5, 0.6) is 0 Å². The van der Waals surface area contributed by atoms with Gasteiger partial charge in [-0.25, -0.2) is 0 Å². The van der Waals surface area contributed by atoms with Gasteiger partial charge in [0.25, 0.3) is 0 Å². The van der Waals surface area contributed by atoms with E-state index in [0.29, 0.717) is 5.92 Å². The molecule has 0 aromatic rings. The second-order valence-corrected chi connectivity index (χ2v) is 5.13. The normalized spacial score (nSPS) is 17.1. The molecule has 0 amide bonds. The van der Waals surface area contributed by atoms with Crippen molar-refractivity contribution in [3.05, 3.63) is 9.81 Å². The first kappa shape index (κ1) is 9.02. The molecule has 1 aliphatic heterocycles. The number of rotatable bonds is 1. The van der Waals surface area contributed by atoms with Crippen molar-refractivity contribution in [1.29, 1.82) is 5.26 Å². The Hall–Kier alpha value is -0.0700. The molecule has 3 heteroatoms. The van der Waals surface area contributed by atoms with E-state index < -0.39 is 0 Å². The fourth-order valence-corrected chi connectivity index (χ4v) is 3.62. The van der Waals surface area contributed by atoms with E-state index in [0.717, 1.165) is 17.1 Å². The van der Waals surface area contributed by atoms with Gasteiger partial charge in [0, 0.05) is 11.5 Å². The largest absolute Gasteiger partial charge is 0.193 e. The van der Waals surface area contributed by atoms with Gasteiger partial charge in [-0.05, 0) is 5.92 Å². The highest BCUT2D eigenvalue weighted by Crippen LogP contribution is 2.40. The summed E-state index contributed by atoms with van der Waals surface area (Å²) in [5.41, 5.74) is 0.970. The van der Waals surface area contributed by atoms with Crippen molar-refractivity contribution < 1.29 is 0 Å². The lowest BCUT2D eigenvalue weighted by Crippen LogP contribution is -1.91. The predicted molar refractivity (Wildman–Crippen MR) is 52.4 cm³/mol. The number of hydrogen-bond acceptors (Lipinski definition) is 3. The first-order chi connectivity index (χ1) is 5.25. The standard InChI is InChI=1S/C8H11NS2/c1-6(2)7(5-9)8-10-3-4-11-8/h6H,3-4H2,1-2H3. The van der Waals surface area contributed by atoms with Gasteiger partial charge < -0.3 is 0 Å². The lowest BCUT2D eigenvalue weighted by Gasteiger charge is -2.04. The summed E-state index contributed by atoms with van der Waals surface area (Å²) in [4.78, 5) is 0. The molecule has 0 saturated carbocycles. The SMILES string of the molecule is CC(C)C(C#N)=C1SCCS1. The highest BCUT2D eigenvalue weighted by atomic mass is 32.2. The highest BCUT2D eigenvalue weighted by Gasteiger charge is 2.15. The van der Waals surface area contributed by atoms with Crippen molar-refractivity contribution in [2.75, 3.05) is 11.5 Å². The van der Waals surface area contributed by atoms with Crippen molar-refractivity contribution in [1.82, 2.24) is 0 Å². The van der Waals surface area contributed by atoms with Crippen LogP contribution in [0, 0.1) is 17.2 Å². The second kappa shape index (κ2) is 4.08. The van der Waals surface area contributed by atoms with Gasteiger partial charge in [0.15, 0.2) is 0 Å². The fraction of sp³-hybridized carbons (Fsp3) is 0.625. The van der Waals surface area contributed by atoms with E-state index >= 15 is 0 Å². The zero-order chi connectivity index (χ0) is 8.27. The number of hydrogen-bond donors (Lipinski definition) is 0. The van der Waals surface area contributed by atoms with E-state index in [1.165, 1.54) is 4.24 Å². The van der Waals surface area contributed by atoms with Gasteiger partial charge in [0.2, 0.25) is 0 Å². The summed E-state index contributed by atoms with van der Waals surface area (Å²) in [7, 11) is 0. The molecule has 1 fully saturated rings. The smallest absolute Gasteiger partial charge is 0.0967 e. The van der Waals surface area contributed by atoms with E-state index in [4.69, 9.17) is 5.26 Å². The van der Waals surface area contributed by atoms with Gasteiger partial charge >= 0.3 is 0 Å². The molecular formula is C8H11NS2. The summed E-state index contributed by atoms with van der Waals surface area (Å²) in [6.07, 6.45) is 0. The van der Waals surface area contributed by atoms with E-state index in [-0.39, 0.29) is 0 Å². The van der Waals surface area contributed by atoms with Crippen molar-refractivity contribution >= 4 is 23.5 Å². The minimum atomic E-state index is 0.382. The Morgan fingerprint density at radius 1 is 1.45 bits per heavy atom. The highest BCUT2D eigenvalue weighted by molar-refractivity contribution is 8.25. The Bertz CT molecular complexity index is 205. The first-order valence-electron chi connectivity index (χ1n) is 3.65. The first-order valence-corrected chi connectivity index (χ1v) is 5.62. The van der Waals surface area contributed by atoms with Gasteiger partial charge in [-0.2, -0.15) is 5.26 Å². The quantitative estimate of drug-likeness (QED) is 0.587. The molecule has 0 aromatic carbocycles. The molecule has 0 bridgehead atoms. The van der Waals surface area contributed by atoms with Crippen LogP contribution in [-0.2, 0) is 0 Å². The third-order valence-corrected chi connectivity index (χ3v) is 4.21. The molecule has 1 aliphatic rings. The van der Waals surface area contributed by atoms with Crippen LogP contribution in [0.15, 0.2) is 9.81 Å². The lowest BCUT2D eigenvalue weighted by molar-refractivity contribution is 0.796. The average Bonchev–Trinajstić information content (AvgIpc) is 2.40. The Morgan fingerprint density at radius 3 is 2.36 bits per heavy atom. The molecule has 1 saturated heterocycles. The molecule has 0 spiro atoms. The second-order valence-electron chi connectivity index (χ2n) is 2.66. The molecule has 0 atom stereocenters. The fourth-order valence-electron chi connectivity index (χ4n) is 0.876. The van der Waals surface area contributed by atoms with E-state index in [2.05, 4.69) is 19.9 Å². The van der Waals surface area contributed by atoms with Crippen LogP contribution in [0.1, 0.15) is 13.8 Å². The molecule has 0 aromatic heterocycles. The minimum absolute atomic E-state index is 0.382. The number of nitriles is 1. The summed E-state index contributed by atoms with van der Waals surface area (Å²) < 4.78 is 1.25. The predicted octanol–water partition coefficient (Wildman–Crippen LogP) is 2.86. The Morgan fingerprint density at radius 2 is 2.00 bits per heavy atom. The summed E-state index contributed by atoms with van der Waals surface area (Å²) in [6.45, 7) is 4.15. The number of nitrogens with zero attached hydrogens (tertiary/aromatic N) is 1. The topological polar surface area (TPSA) is 23.8 Å². The van der Waals surface area contributed by atoms with E-state index in [1.807, 2.05) is 23.5 Å². The van der Waals surface area contributed by atoms with E-state index in [1.54, 1.807) is 0 Å². The number of allylic oxidation sites excluding steroid dienone is 1. The molecule has 0 aliphatic carbocycles. The van der Waals surface area contributed by atoms with Gasteiger partial charge in [-0.1, -0.05) is 13.8 Å². The molecule has 0 N–H and O–H groups in total. The van der Waals surface area contributed by atoms with E-state index in [9.17, 15) is 0 Å². The molecule has 1 nitrogen and oxygen atoms in total. The Labute approximate surface area is 76.2 Å². The van der Waals surface area contributed by atoms with Crippen LogP contribution >= 0.6 is 23.5 Å². The third-order valence-electron chi connectivity index (χ3n) is 1.47. The Kier molecular flexibility index (Phi) is 3.35. The van der Waals surface area contributed by atoms with Crippen LogP contribution in [0.3, 0.4) is 0 Å². The maximum atomic E-state index is 8.82. The van der Waals surface area contributed by atoms with Crippen LogP contribution in [0.4, 0.5) is 0 Å². The molecular weight excluding hydrogens is 174 g/mol. The van der Waals surface area contributed by atoms with Gasteiger partial charge in [0.05, 0.1) is 15.9 Å². The zero-order valence-electron chi connectivity index (χ0n) is 6.76. The lowest BCUT2D eigenvalue weighted by atomic mass is 10.1. The van der Waals surface area contributed by atoms with Crippen molar-refractivity contribution in [3.63, 3.8) is 0 Å². The third kappa shape index (κ3) is 2.18. The zero-order valence-corrected chi connectivity index (χ0v) is 8.39. The van der Waals surface area contributed by atoms with Gasteiger partial charge in [-0.15, -0.1) is 23.5 Å². The Balaban J connectivity index is 2.81. The van der Waals surface area contributed by atoms with Crippen LogP contribution < -0.4 is 0 Å². The monoisotopic (exact) mass is 185 g/mol. The molecule has 11 heavy (non-hydrogen) atoms. The maximum Gasteiger partial charge on any atom is 0.0967 e. The molecule has 1 heterocycles. The molecule has 60 valence electrons. The molecule has 0 radical (unpaired) electrons. The van der Waals surface area contributed by atoms with Crippen LogP contribution in [-0.4, -0.2) is 11.5 Å².